The van der Waals surface area contributed by atoms with Crippen molar-refractivity contribution in [1.29, 1.82) is 0 Å². The summed E-state index contributed by atoms with van der Waals surface area (Å²) < 4.78 is 5.61. The molecule has 0 saturated heterocycles. The maximum absolute atomic E-state index is 12.0. The van der Waals surface area contributed by atoms with Gasteiger partial charge >= 0.3 is 0 Å². The van der Waals surface area contributed by atoms with Crippen molar-refractivity contribution < 1.29 is 9.53 Å². The average Bonchev–Trinajstić information content (AvgIpc) is 2.58. The lowest BCUT2D eigenvalue weighted by Gasteiger charge is -2.22. The van der Waals surface area contributed by atoms with Gasteiger partial charge in [0, 0.05) is 12.1 Å². The first-order chi connectivity index (χ1) is 8.22. The second-order valence-corrected chi connectivity index (χ2v) is 4.23. The SMILES string of the molecule is CCC(N)C(=O)N1CCOc2ccccc2C1. The van der Waals surface area contributed by atoms with Gasteiger partial charge in [-0.15, -0.1) is 0 Å². The minimum Gasteiger partial charge on any atom is -0.491 e. The molecule has 0 spiro atoms. The summed E-state index contributed by atoms with van der Waals surface area (Å²) in [5.74, 6) is 0.876. The van der Waals surface area contributed by atoms with Gasteiger partial charge in [0.2, 0.25) is 5.91 Å². The number of ether oxygens (including phenoxy) is 1. The molecule has 2 rings (SSSR count). The predicted octanol–water partition coefficient (Wildman–Crippen LogP) is 1.14. The second kappa shape index (κ2) is 5.19. The van der Waals surface area contributed by atoms with Gasteiger partial charge in [0.1, 0.15) is 12.4 Å². The van der Waals surface area contributed by atoms with Gasteiger partial charge < -0.3 is 15.4 Å². The first-order valence-electron chi connectivity index (χ1n) is 5.97. The normalized spacial score (nSPS) is 16.7. The Hall–Kier alpha value is -1.55. The second-order valence-electron chi connectivity index (χ2n) is 4.23. The summed E-state index contributed by atoms with van der Waals surface area (Å²) in [7, 11) is 0. The molecule has 0 bridgehead atoms. The fraction of sp³-hybridized carbons (Fsp3) is 0.462. The van der Waals surface area contributed by atoms with Gasteiger partial charge in [0.05, 0.1) is 12.6 Å². The van der Waals surface area contributed by atoms with Crippen molar-refractivity contribution in [2.45, 2.75) is 25.9 Å². The van der Waals surface area contributed by atoms with Crippen molar-refractivity contribution in [2.24, 2.45) is 5.73 Å². The highest BCUT2D eigenvalue weighted by atomic mass is 16.5. The zero-order valence-electron chi connectivity index (χ0n) is 10.1. The van der Waals surface area contributed by atoms with Crippen molar-refractivity contribution in [3.05, 3.63) is 29.8 Å². The molecule has 1 aliphatic heterocycles. The minimum atomic E-state index is -0.403. The van der Waals surface area contributed by atoms with E-state index in [9.17, 15) is 4.79 Å². The third-order valence-corrected chi connectivity index (χ3v) is 3.02. The van der Waals surface area contributed by atoms with Crippen molar-refractivity contribution in [3.63, 3.8) is 0 Å². The lowest BCUT2D eigenvalue weighted by atomic mass is 10.1. The van der Waals surface area contributed by atoms with Gasteiger partial charge in [0.25, 0.3) is 0 Å². The van der Waals surface area contributed by atoms with E-state index >= 15 is 0 Å². The number of carbonyl (C=O) groups excluding carboxylic acids is 1. The monoisotopic (exact) mass is 234 g/mol. The number of nitrogens with zero attached hydrogens (tertiary/aromatic N) is 1. The maximum Gasteiger partial charge on any atom is 0.239 e. The van der Waals surface area contributed by atoms with E-state index in [1.54, 1.807) is 4.90 Å². The van der Waals surface area contributed by atoms with Gasteiger partial charge in [-0.25, -0.2) is 0 Å². The highest BCUT2D eigenvalue weighted by Crippen LogP contribution is 2.22. The Kier molecular flexibility index (Phi) is 3.64. The molecule has 92 valence electrons. The van der Waals surface area contributed by atoms with Gasteiger partial charge in [-0.2, -0.15) is 0 Å². The van der Waals surface area contributed by atoms with Crippen molar-refractivity contribution in [2.75, 3.05) is 13.2 Å². The van der Waals surface area contributed by atoms with Crippen LogP contribution in [0.25, 0.3) is 0 Å². The van der Waals surface area contributed by atoms with Crippen LogP contribution in [0.2, 0.25) is 0 Å². The third kappa shape index (κ3) is 2.58. The molecule has 17 heavy (non-hydrogen) atoms. The molecule has 1 heterocycles. The number of hydrogen-bond acceptors (Lipinski definition) is 3. The standard InChI is InChI=1S/C13H18N2O2/c1-2-11(14)13(16)15-7-8-17-12-6-4-3-5-10(12)9-15/h3-6,11H,2,7-9,14H2,1H3. The Labute approximate surface area is 101 Å². The van der Waals surface area contributed by atoms with E-state index in [-0.39, 0.29) is 5.91 Å². The first kappa shape index (κ1) is 11.9. The summed E-state index contributed by atoms with van der Waals surface area (Å²) in [6.45, 7) is 3.63. The van der Waals surface area contributed by atoms with Gasteiger partial charge in [-0.3, -0.25) is 4.79 Å². The summed E-state index contributed by atoms with van der Waals surface area (Å²) in [5, 5.41) is 0. The van der Waals surface area contributed by atoms with E-state index in [4.69, 9.17) is 10.5 Å². The molecule has 2 N–H and O–H groups in total. The van der Waals surface area contributed by atoms with Crippen molar-refractivity contribution in [3.8, 4) is 5.75 Å². The molecule has 1 aromatic rings. The Morgan fingerprint density at radius 1 is 1.53 bits per heavy atom. The highest BCUT2D eigenvalue weighted by molar-refractivity contribution is 5.81. The number of benzene rings is 1. The summed E-state index contributed by atoms with van der Waals surface area (Å²) in [4.78, 5) is 13.8. The van der Waals surface area contributed by atoms with Crippen LogP contribution in [0.5, 0.6) is 5.75 Å². The smallest absolute Gasteiger partial charge is 0.239 e. The third-order valence-electron chi connectivity index (χ3n) is 3.02. The number of fused-ring (bicyclic) bond motifs is 1. The number of hydrogen-bond donors (Lipinski definition) is 1. The van der Waals surface area contributed by atoms with E-state index < -0.39 is 6.04 Å². The van der Waals surface area contributed by atoms with Crippen LogP contribution in [-0.2, 0) is 11.3 Å². The maximum atomic E-state index is 12.0. The summed E-state index contributed by atoms with van der Waals surface area (Å²) in [5.41, 5.74) is 6.83. The van der Waals surface area contributed by atoms with Gasteiger partial charge in [-0.05, 0) is 12.5 Å². The molecule has 1 atom stereocenters. The van der Waals surface area contributed by atoms with E-state index in [0.717, 1.165) is 11.3 Å². The number of carbonyl (C=O) groups is 1. The molecule has 1 amide bonds. The van der Waals surface area contributed by atoms with Crippen LogP contribution in [0.15, 0.2) is 24.3 Å². The Morgan fingerprint density at radius 3 is 3.06 bits per heavy atom. The largest absolute Gasteiger partial charge is 0.491 e. The molecular formula is C13H18N2O2. The molecule has 1 unspecified atom stereocenters. The van der Waals surface area contributed by atoms with Crippen LogP contribution < -0.4 is 10.5 Å². The lowest BCUT2D eigenvalue weighted by Crippen LogP contribution is -2.43. The zero-order chi connectivity index (χ0) is 12.3. The molecule has 4 nitrogen and oxygen atoms in total. The number of para-hydroxylation sites is 1. The predicted molar refractivity (Wildman–Crippen MR) is 65.6 cm³/mol. The summed E-state index contributed by atoms with van der Waals surface area (Å²) >= 11 is 0. The molecule has 1 aliphatic rings. The van der Waals surface area contributed by atoms with Crippen LogP contribution in [-0.4, -0.2) is 30.0 Å². The van der Waals surface area contributed by atoms with E-state index in [1.807, 2.05) is 31.2 Å². The van der Waals surface area contributed by atoms with Gasteiger partial charge in [-0.1, -0.05) is 25.1 Å². The average molecular weight is 234 g/mol. The number of nitrogens with two attached hydrogens (primary N) is 1. The molecule has 0 saturated carbocycles. The first-order valence-corrected chi connectivity index (χ1v) is 5.97. The van der Waals surface area contributed by atoms with Gasteiger partial charge in [0.15, 0.2) is 0 Å². The zero-order valence-corrected chi connectivity index (χ0v) is 10.1. The molecule has 0 fully saturated rings. The van der Waals surface area contributed by atoms with Crippen LogP contribution in [0.4, 0.5) is 0 Å². The fourth-order valence-corrected chi connectivity index (χ4v) is 1.92. The molecule has 4 heteroatoms. The van der Waals surface area contributed by atoms with Crippen LogP contribution >= 0.6 is 0 Å². The van der Waals surface area contributed by atoms with E-state index in [0.29, 0.717) is 26.1 Å². The molecule has 0 aromatic heterocycles. The molecule has 1 aromatic carbocycles. The highest BCUT2D eigenvalue weighted by Gasteiger charge is 2.22. The molecule has 0 aliphatic carbocycles. The summed E-state index contributed by atoms with van der Waals surface area (Å²) in [6, 6.07) is 7.41. The number of rotatable bonds is 2. The van der Waals surface area contributed by atoms with Crippen LogP contribution in [0.3, 0.4) is 0 Å². The molecule has 0 radical (unpaired) electrons. The Balaban J connectivity index is 2.15. The van der Waals surface area contributed by atoms with Crippen molar-refractivity contribution in [1.82, 2.24) is 4.90 Å². The van der Waals surface area contributed by atoms with Crippen LogP contribution in [0.1, 0.15) is 18.9 Å². The van der Waals surface area contributed by atoms with E-state index in [1.165, 1.54) is 0 Å². The Morgan fingerprint density at radius 2 is 2.29 bits per heavy atom. The lowest BCUT2D eigenvalue weighted by molar-refractivity contribution is -0.133. The topological polar surface area (TPSA) is 55.6 Å². The van der Waals surface area contributed by atoms with Crippen LogP contribution in [0, 0.1) is 0 Å². The van der Waals surface area contributed by atoms with E-state index in [2.05, 4.69) is 0 Å². The fourth-order valence-electron chi connectivity index (χ4n) is 1.92. The Bertz CT molecular complexity index is 406. The number of amides is 1. The minimum absolute atomic E-state index is 0.00723. The quantitative estimate of drug-likeness (QED) is 0.835. The van der Waals surface area contributed by atoms with Crippen molar-refractivity contribution >= 4 is 5.91 Å². The molecular weight excluding hydrogens is 216 g/mol. The summed E-state index contributed by atoms with van der Waals surface area (Å²) in [6.07, 6.45) is 0.665.